The van der Waals surface area contributed by atoms with Crippen LogP contribution >= 0.6 is 11.6 Å². The molecule has 0 bridgehead atoms. The van der Waals surface area contributed by atoms with Gasteiger partial charge in [0.05, 0.1) is 0 Å². The molecule has 0 atom stereocenters. The zero-order valence-electron chi connectivity index (χ0n) is 8.73. The second-order valence-electron chi connectivity index (χ2n) is 3.24. The van der Waals surface area contributed by atoms with Gasteiger partial charge in [-0.15, -0.1) is 11.6 Å². The van der Waals surface area contributed by atoms with Crippen LogP contribution in [0.15, 0.2) is 12.1 Å². The maximum atomic E-state index is 13.3. The zero-order chi connectivity index (χ0) is 11.4. The summed E-state index contributed by atoms with van der Waals surface area (Å²) in [6, 6.07) is 3.08. The summed E-state index contributed by atoms with van der Waals surface area (Å²) in [6.45, 7) is 3.58. The molecule has 0 aliphatic heterocycles. The van der Waals surface area contributed by atoms with Gasteiger partial charge in [0.2, 0.25) is 5.91 Å². The maximum Gasteiger partial charge on any atom is 0.239 e. The van der Waals surface area contributed by atoms with E-state index in [9.17, 15) is 9.18 Å². The third kappa shape index (κ3) is 2.69. The summed E-state index contributed by atoms with van der Waals surface area (Å²) in [5.74, 6) is -0.767. The number of nitrogens with one attached hydrogen (secondary N) is 1. The number of amides is 1. The normalized spacial score (nSPS) is 10.1. The van der Waals surface area contributed by atoms with Crippen LogP contribution in [0.2, 0.25) is 0 Å². The molecule has 0 fully saturated rings. The van der Waals surface area contributed by atoms with Crippen molar-refractivity contribution in [1.82, 2.24) is 0 Å². The van der Waals surface area contributed by atoms with Crippen LogP contribution < -0.4 is 5.32 Å². The van der Waals surface area contributed by atoms with Gasteiger partial charge in [-0.3, -0.25) is 4.79 Å². The number of carbonyl (C=O) groups is 1. The Hall–Kier alpha value is -1.09. The molecule has 0 aliphatic carbocycles. The molecule has 0 aromatic heterocycles. The van der Waals surface area contributed by atoms with Crippen molar-refractivity contribution in [2.45, 2.75) is 20.3 Å². The maximum absolute atomic E-state index is 13.3. The van der Waals surface area contributed by atoms with E-state index < -0.39 is 0 Å². The fourth-order valence-corrected chi connectivity index (χ4v) is 1.45. The van der Waals surface area contributed by atoms with Crippen molar-refractivity contribution in [2.75, 3.05) is 11.2 Å². The van der Waals surface area contributed by atoms with E-state index >= 15 is 0 Å². The second kappa shape index (κ2) is 5.12. The third-order valence-corrected chi connectivity index (χ3v) is 2.49. The largest absolute Gasteiger partial charge is 0.324 e. The molecular weight excluding hydrogens is 217 g/mol. The Kier molecular flexibility index (Phi) is 4.09. The zero-order valence-corrected chi connectivity index (χ0v) is 9.49. The molecule has 0 spiro atoms. The van der Waals surface area contributed by atoms with Gasteiger partial charge in [-0.25, -0.2) is 4.39 Å². The first-order chi connectivity index (χ1) is 7.10. The van der Waals surface area contributed by atoms with Gasteiger partial charge in [-0.2, -0.15) is 0 Å². The SMILES string of the molecule is CCc1ccc(F)c(C)c1NC(=O)CCl. The molecule has 0 saturated carbocycles. The highest BCUT2D eigenvalue weighted by molar-refractivity contribution is 6.29. The van der Waals surface area contributed by atoms with E-state index in [1.807, 2.05) is 6.92 Å². The van der Waals surface area contributed by atoms with E-state index in [1.54, 1.807) is 13.0 Å². The summed E-state index contributed by atoms with van der Waals surface area (Å²) in [6.07, 6.45) is 0.735. The van der Waals surface area contributed by atoms with Crippen molar-refractivity contribution in [1.29, 1.82) is 0 Å². The smallest absolute Gasteiger partial charge is 0.239 e. The predicted molar refractivity (Wildman–Crippen MR) is 59.9 cm³/mol. The van der Waals surface area contributed by atoms with Crippen LogP contribution in [0.1, 0.15) is 18.1 Å². The summed E-state index contributed by atoms with van der Waals surface area (Å²) >= 11 is 5.38. The highest BCUT2D eigenvalue weighted by Gasteiger charge is 2.11. The molecule has 82 valence electrons. The van der Waals surface area contributed by atoms with E-state index in [2.05, 4.69) is 5.32 Å². The molecule has 1 aromatic carbocycles. The Bertz CT molecular complexity index is 379. The minimum Gasteiger partial charge on any atom is -0.324 e. The van der Waals surface area contributed by atoms with Crippen molar-refractivity contribution in [3.05, 3.63) is 29.1 Å². The Morgan fingerprint density at radius 3 is 2.73 bits per heavy atom. The minimum absolute atomic E-state index is 0.126. The number of anilines is 1. The van der Waals surface area contributed by atoms with Crippen molar-refractivity contribution in [3.63, 3.8) is 0 Å². The van der Waals surface area contributed by atoms with Gasteiger partial charge in [0, 0.05) is 11.3 Å². The third-order valence-electron chi connectivity index (χ3n) is 2.25. The lowest BCUT2D eigenvalue weighted by Crippen LogP contribution is -2.15. The van der Waals surface area contributed by atoms with Crippen LogP contribution in [-0.2, 0) is 11.2 Å². The first-order valence-electron chi connectivity index (χ1n) is 4.74. The highest BCUT2D eigenvalue weighted by Crippen LogP contribution is 2.23. The van der Waals surface area contributed by atoms with E-state index in [0.29, 0.717) is 11.3 Å². The van der Waals surface area contributed by atoms with Gasteiger partial charge < -0.3 is 5.32 Å². The second-order valence-corrected chi connectivity index (χ2v) is 3.51. The molecule has 0 unspecified atom stereocenters. The molecule has 15 heavy (non-hydrogen) atoms. The lowest BCUT2D eigenvalue weighted by atomic mass is 10.1. The standard InChI is InChI=1S/C11H13ClFNO/c1-3-8-4-5-9(13)7(2)11(8)14-10(15)6-12/h4-5H,3,6H2,1-2H3,(H,14,15). The molecule has 0 saturated heterocycles. The van der Waals surface area contributed by atoms with Crippen LogP contribution in [0.25, 0.3) is 0 Å². The van der Waals surface area contributed by atoms with Gasteiger partial charge >= 0.3 is 0 Å². The summed E-state index contributed by atoms with van der Waals surface area (Å²) in [7, 11) is 0. The lowest BCUT2D eigenvalue weighted by Gasteiger charge is -2.12. The average molecular weight is 230 g/mol. The minimum atomic E-state index is -0.322. The molecule has 0 aliphatic rings. The molecule has 4 heteroatoms. The van der Waals surface area contributed by atoms with E-state index in [-0.39, 0.29) is 17.6 Å². The number of carbonyl (C=O) groups excluding carboxylic acids is 1. The number of alkyl halides is 1. The molecular formula is C11H13ClFNO. The Labute approximate surface area is 93.4 Å². The predicted octanol–water partition coefficient (Wildman–Crippen LogP) is 2.87. The number of benzene rings is 1. The van der Waals surface area contributed by atoms with Crippen LogP contribution in [0, 0.1) is 12.7 Å². The topological polar surface area (TPSA) is 29.1 Å². The number of hydrogen-bond acceptors (Lipinski definition) is 1. The lowest BCUT2D eigenvalue weighted by molar-refractivity contribution is -0.113. The van der Waals surface area contributed by atoms with E-state index in [0.717, 1.165) is 12.0 Å². The molecule has 0 radical (unpaired) electrons. The van der Waals surface area contributed by atoms with E-state index in [1.165, 1.54) is 6.07 Å². The quantitative estimate of drug-likeness (QED) is 0.794. The Balaban J connectivity index is 3.12. The van der Waals surface area contributed by atoms with Crippen LogP contribution in [0.3, 0.4) is 0 Å². The molecule has 0 heterocycles. The van der Waals surface area contributed by atoms with Crippen molar-refractivity contribution >= 4 is 23.2 Å². The molecule has 2 nitrogen and oxygen atoms in total. The Morgan fingerprint density at radius 2 is 2.20 bits per heavy atom. The van der Waals surface area contributed by atoms with Gasteiger partial charge in [-0.05, 0) is 25.0 Å². The summed E-state index contributed by atoms with van der Waals surface area (Å²) in [4.78, 5) is 11.1. The number of rotatable bonds is 3. The summed E-state index contributed by atoms with van der Waals surface area (Å²) < 4.78 is 13.3. The number of hydrogen-bond donors (Lipinski definition) is 1. The number of aryl methyl sites for hydroxylation is 1. The molecule has 1 amide bonds. The van der Waals surface area contributed by atoms with Crippen molar-refractivity contribution in [2.24, 2.45) is 0 Å². The first kappa shape index (κ1) is 12.0. The van der Waals surface area contributed by atoms with Crippen LogP contribution in [0.4, 0.5) is 10.1 Å². The molecule has 1 N–H and O–H groups in total. The summed E-state index contributed by atoms with van der Waals surface area (Å²) in [5.41, 5.74) is 1.91. The summed E-state index contributed by atoms with van der Waals surface area (Å²) in [5, 5.41) is 2.61. The van der Waals surface area contributed by atoms with Crippen molar-refractivity contribution < 1.29 is 9.18 Å². The fourth-order valence-electron chi connectivity index (χ4n) is 1.38. The first-order valence-corrected chi connectivity index (χ1v) is 5.27. The van der Waals surface area contributed by atoms with Gasteiger partial charge in [0.25, 0.3) is 0 Å². The average Bonchev–Trinajstić information content (AvgIpc) is 2.25. The molecule has 1 rings (SSSR count). The monoisotopic (exact) mass is 229 g/mol. The van der Waals surface area contributed by atoms with Gasteiger partial charge in [0.15, 0.2) is 0 Å². The van der Waals surface area contributed by atoms with Crippen LogP contribution in [0.5, 0.6) is 0 Å². The fraction of sp³-hybridized carbons (Fsp3) is 0.364. The Morgan fingerprint density at radius 1 is 1.53 bits per heavy atom. The number of halogens is 2. The van der Waals surface area contributed by atoms with Gasteiger partial charge in [0.1, 0.15) is 11.7 Å². The highest BCUT2D eigenvalue weighted by atomic mass is 35.5. The van der Waals surface area contributed by atoms with Crippen molar-refractivity contribution in [3.8, 4) is 0 Å². The van der Waals surface area contributed by atoms with Crippen LogP contribution in [-0.4, -0.2) is 11.8 Å². The van der Waals surface area contributed by atoms with E-state index in [4.69, 9.17) is 11.6 Å². The molecule has 1 aromatic rings. The van der Waals surface area contributed by atoms with Gasteiger partial charge in [-0.1, -0.05) is 13.0 Å².